The van der Waals surface area contributed by atoms with E-state index in [-0.39, 0.29) is 5.54 Å². The highest BCUT2D eigenvalue weighted by Crippen LogP contribution is 2.05. The summed E-state index contributed by atoms with van der Waals surface area (Å²) in [5.41, 5.74) is 0.216. The molecule has 0 aliphatic rings. The molecule has 98 valence electrons. The van der Waals surface area contributed by atoms with Crippen LogP contribution in [0.1, 0.15) is 40.5 Å². The largest absolute Gasteiger partial charge is 0.385 e. The SMILES string of the molecule is COCCCOCCC(C)CNC(C)(C)C. The van der Waals surface area contributed by atoms with Gasteiger partial charge in [0.05, 0.1) is 0 Å². The van der Waals surface area contributed by atoms with Gasteiger partial charge in [-0.25, -0.2) is 0 Å². The lowest BCUT2D eigenvalue weighted by Crippen LogP contribution is -2.38. The number of methoxy groups -OCH3 is 1. The maximum absolute atomic E-state index is 5.53. The molecule has 0 aromatic carbocycles. The second-order valence-electron chi connectivity index (χ2n) is 5.48. The topological polar surface area (TPSA) is 30.5 Å². The maximum Gasteiger partial charge on any atom is 0.0487 e. The first-order chi connectivity index (χ1) is 7.45. The van der Waals surface area contributed by atoms with Crippen LogP contribution in [0.5, 0.6) is 0 Å². The van der Waals surface area contributed by atoms with E-state index < -0.39 is 0 Å². The molecule has 3 nitrogen and oxygen atoms in total. The minimum absolute atomic E-state index is 0.216. The number of hydrogen-bond acceptors (Lipinski definition) is 3. The Morgan fingerprint density at radius 3 is 2.38 bits per heavy atom. The quantitative estimate of drug-likeness (QED) is 0.618. The van der Waals surface area contributed by atoms with E-state index >= 15 is 0 Å². The standard InChI is InChI=1S/C13H29NO2/c1-12(11-14-13(2,3)4)7-10-16-9-6-8-15-5/h12,14H,6-11H2,1-5H3. The van der Waals surface area contributed by atoms with Gasteiger partial charge >= 0.3 is 0 Å². The summed E-state index contributed by atoms with van der Waals surface area (Å²) in [6.07, 6.45) is 2.11. The van der Waals surface area contributed by atoms with Crippen molar-refractivity contribution in [3.8, 4) is 0 Å². The summed E-state index contributed by atoms with van der Waals surface area (Å²) in [5, 5.41) is 3.51. The zero-order chi connectivity index (χ0) is 12.4. The van der Waals surface area contributed by atoms with Crippen LogP contribution in [0.3, 0.4) is 0 Å². The Kier molecular flexibility index (Phi) is 8.90. The number of hydrogen-bond donors (Lipinski definition) is 1. The first kappa shape index (κ1) is 15.9. The van der Waals surface area contributed by atoms with Crippen molar-refractivity contribution in [2.75, 3.05) is 33.5 Å². The van der Waals surface area contributed by atoms with Gasteiger partial charge in [-0.15, -0.1) is 0 Å². The lowest BCUT2D eigenvalue weighted by molar-refractivity contribution is 0.0943. The van der Waals surface area contributed by atoms with Crippen molar-refractivity contribution in [3.05, 3.63) is 0 Å². The molecule has 1 unspecified atom stereocenters. The van der Waals surface area contributed by atoms with Crippen LogP contribution in [-0.4, -0.2) is 39.0 Å². The monoisotopic (exact) mass is 231 g/mol. The Hall–Kier alpha value is -0.120. The molecule has 0 bridgehead atoms. The first-order valence-corrected chi connectivity index (χ1v) is 6.27. The highest BCUT2D eigenvalue weighted by atomic mass is 16.5. The maximum atomic E-state index is 5.53. The third-order valence-corrected chi connectivity index (χ3v) is 2.37. The van der Waals surface area contributed by atoms with Gasteiger partial charge in [-0.3, -0.25) is 0 Å². The van der Waals surface area contributed by atoms with Crippen molar-refractivity contribution in [2.45, 2.75) is 46.1 Å². The average Bonchev–Trinajstić information content (AvgIpc) is 2.19. The van der Waals surface area contributed by atoms with Crippen LogP contribution in [0, 0.1) is 5.92 Å². The molecule has 1 atom stereocenters. The molecule has 0 saturated heterocycles. The van der Waals surface area contributed by atoms with Crippen molar-refractivity contribution in [1.82, 2.24) is 5.32 Å². The van der Waals surface area contributed by atoms with Crippen molar-refractivity contribution in [3.63, 3.8) is 0 Å². The summed E-state index contributed by atoms with van der Waals surface area (Å²) in [5.74, 6) is 0.668. The van der Waals surface area contributed by atoms with Gasteiger partial charge in [0.15, 0.2) is 0 Å². The van der Waals surface area contributed by atoms with Crippen LogP contribution in [0.2, 0.25) is 0 Å². The second-order valence-corrected chi connectivity index (χ2v) is 5.48. The lowest BCUT2D eigenvalue weighted by atomic mass is 10.0. The summed E-state index contributed by atoms with van der Waals surface area (Å²) in [6.45, 7) is 12.4. The first-order valence-electron chi connectivity index (χ1n) is 6.27. The third-order valence-electron chi connectivity index (χ3n) is 2.37. The van der Waals surface area contributed by atoms with Gasteiger partial charge in [-0.05, 0) is 46.1 Å². The lowest BCUT2D eigenvalue weighted by Gasteiger charge is -2.23. The zero-order valence-corrected chi connectivity index (χ0v) is 11.6. The van der Waals surface area contributed by atoms with Crippen molar-refractivity contribution >= 4 is 0 Å². The van der Waals surface area contributed by atoms with E-state index in [9.17, 15) is 0 Å². The normalized spacial score (nSPS) is 14.1. The molecule has 0 aromatic rings. The molecule has 0 aliphatic carbocycles. The molecule has 0 aromatic heterocycles. The molecule has 0 fully saturated rings. The molecule has 0 spiro atoms. The Morgan fingerprint density at radius 1 is 1.12 bits per heavy atom. The predicted molar refractivity (Wildman–Crippen MR) is 68.8 cm³/mol. The summed E-state index contributed by atoms with van der Waals surface area (Å²) in [7, 11) is 1.72. The van der Waals surface area contributed by atoms with Crippen LogP contribution in [0.4, 0.5) is 0 Å². The van der Waals surface area contributed by atoms with Gasteiger partial charge in [-0.2, -0.15) is 0 Å². The Balaban J connectivity index is 3.27. The number of ether oxygens (including phenoxy) is 2. The Morgan fingerprint density at radius 2 is 1.81 bits per heavy atom. The molecule has 1 N–H and O–H groups in total. The molecular weight excluding hydrogens is 202 g/mol. The fourth-order valence-electron chi connectivity index (χ4n) is 1.27. The van der Waals surface area contributed by atoms with E-state index in [1.54, 1.807) is 7.11 Å². The van der Waals surface area contributed by atoms with E-state index in [1.807, 2.05) is 0 Å². The summed E-state index contributed by atoms with van der Waals surface area (Å²) >= 11 is 0. The molecule has 3 heteroatoms. The van der Waals surface area contributed by atoms with Gasteiger partial charge in [0.1, 0.15) is 0 Å². The molecule has 0 rings (SSSR count). The number of nitrogens with one attached hydrogen (secondary N) is 1. The predicted octanol–water partition coefficient (Wildman–Crippen LogP) is 2.45. The fourth-order valence-corrected chi connectivity index (χ4v) is 1.27. The summed E-state index contributed by atoms with van der Waals surface area (Å²) < 4.78 is 10.5. The highest BCUT2D eigenvalue weighted by molar-refractivity contribution is 4.71. The van der Waals surface area contributed by atoms with Crippen LogP contribution in [-0.2, 0) is 9.47 Å². The van der Waals surface area contributed by atoms with Gasteiger partial charge in [-0.1, -0.05) is 6.92 Å². The van der Waals surface area contributed by atoms with Crippen LogP contribution < -0.4 is 5.32 Å². The average molecular weight is 231 g/mol. The Bertz CT molecular complexity index is 155. The summed E-state index contributed by atoms with van der Waals surface area (Å²) in [4.78, 5) is 0. The fraction of sp³-hybridized carbons (Fsp3) is 1.00. The van der Waals surface area contributed by atoms with Crippen LogP contribution in [0.25, 0.3) is 0 Å². The van der Waals surface area contributed by atoms with E-state index in [1.165, 1.54) is 0 Å². The number of rotatable bonds is 9. The van der Waals surface area contributed by atoms with E-state index in [0.717, 1.165) is 39.2 Å². The van der Waals surface area contributed by atoms with Gasteiger partial charge in [0.2, 0.25) is 0 Å². The van der Waals surface area contributed by atoms with E-state index in [0.29, 0.717) is 5.92 Å². The zero-order valence-electron chi connectivity index (χ0n) is 11.6. The molecular formula is C13H29NO2. The second kappa shape index (κ2) is 8.97. The van der Waals surface area contributed by atoms with Crippen LogP contribution in [0.15, 0.2) is 0 Å². The third kappa shape index (κ3) is 12.0. The molecule has 0 amide bonds. The smallest absolute Gasteiger partial charge is 0.0487 e. The minimum atomic E-state index is 0.216. The molecule has 16 heavy (non-hydrogen) atoms. The molecule has 0 heterocycles. The van der Waals surface area contributed by atoms with Gasteiger partial charge in [0, 0.05) is 32.5 Å². The minimum Gasteiger partial charge on any atom is -0.385 e. The van der Waals surface area contributed by atoms with Gasteiger partial charge in [0.25, 0.3) is 0 Å². The molecule has 0 aliphatic heterocycles. The molecule has 0 saturated carbocycles. The highest BCUT2D eigenvalue weighted by Gasteiger charge is 2.10. The van der Waals surface area contributed by atoms with Crippen molar-refractivity contribution in [2.24, 2.45) is 5.92 Å². The Labute approximate surface area is 101 Å². The van der Waals surface area contributed by atoms with Crippen molar-refractivity contribution < 1.29 is 9.47 Å². The van der Waals surface area contributed by atoms with Gasteiger partial charge < -0.3 is 14.8 Å². The van der Waals surface area contributed by atoms with E-state index in [2.05, 4.69) is 33.0 Å². The van der Waals surface area contributed by atoms with Crippen LogP contribution >= 0.6 is 0 Å². The summed E-state index contributed by atoms with van der Waals surface area (Å²) in [6, 6.07) is 0. The van der Waals surface area contributed by atoms with E-state index in [4.69, 9.17) is 9.47 Å². The van der Waals surface area contributed by atoms with Crippen molar-refractivity contribution in [1.29, 1.82) is 0 Å². The molecule has 0 radical (unpaired) electrons.